The molecule has 90 valence electrons. The standard InChI is InChI=1S/C13H22N2S/c1-9-4-5-16-13(15-9)14-8-12-7-10-2-3-11(12)6-10/h9-12H,2-8H2,1H3,(H,14,15). The molecular formula is C13H22N2S. The normalized spacial score (nSPS) is 44.9. The molecule has 0 aromatic heterocycles. The van der Waals surface area contributed by atoms with Gasteiger partial charge in [0.25, 0.3) is 0 Å². The van der Waals surface area contributed by atoms with Gasteiger partial charge in [-0.2, -0.15) is 0 Å². The van der Waals surface area contributed by atoms with Crippen LogP contribution in [-0.4, -0.2) is 23.5 Å². The number of amidine groups is 1. The molecule has 16 heavy (non-hydrogen) atoms. The molecule has 3 aliphatic rings. The van der Waals surface area contributed by atoms with Gasteiger partial charge in [-0.25, -0.2) is 0 Å². The molecule has 0 amide bonds. The number of nitrogens with one attached hydrogen (secondary N) is 1. The number of thioether (sulfide) groups is 1. The Bertz CT molecular complexity index is 290. The molecule has 2 saturated carbocycles. The van der Waals surface area contributed by atoms with E-state index in [0.29, 0.717) is 6.04 Å². The lowest BCUT2D eigenvalue weighted by Crippen LogP contribution is -2.35. The molecule has 2 bridgehead atoms. The Morgan fingerprint density at radius 3 is 2.94 bits per heavy atom. The lowest BCUT2D eigenvalue weighted by atomic mass is 9.89. The number of fused-ring (bicyclic) bond motifs is 2. The summed E-state index contributed by atoms with van der Waals surface area (Å²) in [6.07, 6.45) is 7.23. The predicted molar refractivity (Wildman–Crippen MR) is 70.9 cm³/mol. The fourth-order valence-electron chi connectivity index (χ4n) is 3.55. The first-order valence-corrected chi connectivity index (χ1v) is 7.73. The van der Waals surface area contributed by atoms with Crippen molar-refractivity contribution in [3.63, 3.8) is 0 Å². The van der Waals surface area contributed by atoms with Crippen LogP contribution in [0.25, 0.3) is 0 Å². The third-order valence-electron chi connectivity index (χ3n) is 4.51. The van der Waals surface area contributed by atoms with E-state index >= 15 is 0 Å². The number of rotatable bonds is 2. The molecule has 2 aliphatic carbocycles. The first kappa shape index (κ1) is 10.9. The summed E-state index contributed by atoms with van der Waals surface area (Å²) < 4.78 is 0. The molecular weight excluding hydrogens is 216 g/mol. The maximum Gasteiger partial charge on any atom is 0.156 e. The second-order valence-electron chi connectivity index (χ2n) is 5.76. The fraction of sp³-hybridized carbons (Fsp3) is 0.923. The third kappa shape index (κ3) is 2.24. The average molecular weight is 238 g/mol. The minimum atomic E-state index is 0.625. The van der Waals surface area contributed by atoms with Crippen molar-refractivity contribution < 1.29 is 0 Å². The molecule has 3 heteroatoms. The highest BCUT2D eigenvalue weighted by molar-refractivity contribution is 8.13. The highest BCUT2D eigenvalue weighted by Gasteiger charge is 2.39. The van der Waals surface area contributed by atoms with E-state index in [0.717, 1.165) is 24.3 Å². The van der Waals surface area contributed by atoms with E-state index in [9.17, 15) is 0 Å². The number of hydrogen-bond acceptors (Lipinski definition) is 2. The molecule has 1 heterocycles. The van der Waals surface area contributed by atoms with Gasteiger partial charge in [0.2, 0.25) is 0 Å². The van der Waals surface area contributed by atoms with E-state index in [2.05, 4.69) is 12.2 Å². The fourth-order valence-corrected chi connectivity index (χ4v) is 4.66. The summed E-state index contributed by atoms with van der Waals surface area (Å²) in [6.45, 7) is 3.34. The van der Waals surface area contributed by atoms with Crippen LogP contribution in [0.1, 0.15) is 39.0 Å². The zero-order valence-corrected chi connectivity index (χ0v) is 10.9. The van der Waals surface area contributed by atoms with Crippen LogP contribution in [0.3, 0.4) is 0 Å². The quantitative estimate of drug-likeness (QED) is 0.800. The topological polar surface area (TPSA) is 24.4 Å². The molecule has 2 nitrogen and oxygen atoms in total. The Balaban J connectivity index is 1.53. The van der Waals surface area contributed by atoms with Crippen LogP contribution in [0.4, 0.5) is 0 Å². The molecule has 1 saturated heterocycles. The van der Waals surface area contributed by atoms with Gasteiger partial charge in [-0.15, -0.1) is 0 Å². The van der Waals surface area contributed by atoms with Crippen molar-refractivity contribution in [1.29, 1.82) is 0 Å². The Morgan fingerprint density at radius 2 is 2.25 bits per heavy atom. The zero-order chi connectivity index (χ0) is 11.0. The van der Waals surface area contributed by atoms with Gasteiger partial charge in [-0.3, -0.25) is 4.99 Å². The van der Waals surface area contributed by atoms with Crippen molar-refractivity contribution in [3.8, 4) is 0 Å². The number of aliphatic imine (C=N–C) groups is 1. The summed E-state index contributed by atoms with van der Waals surface area (Å²) in [5, 5.41) is 4.71. The molecule has 0 radical (unpaired) electrons. The van der Waals surface area contributed by atoms with Gasteiger partial charge in [-0.1, -0.05) is 18.2 Å². The molecule has 4 unspecified atom stereocenters. The zero-order valence-electron chi connectivity index (χ0n) is 10.1. The van der Waals surface area contributed by atoms with Crippen LogP contribution < -0.4 is 5.32 Å². The molecule has 4 atom stereocenters. The van der Waals surface area contributed by atoms with E-state index in [1.54, 1.807) is 0 Å². The van der Waals surface area contributed by atoms with E-state index < -0.39 is 0 Å². The molecule has 3 fully saturated rings. The SMILES string of the molecule is CC1CCSC(=NCC2CC3CCC2C3)N1. The molecule has 1 aliphatic heterocycles. The van der Waals surface area contributed by atoms with Crippen LogP contribution in [0.15, 0.2) is 4.99 Å². The molecule has 0 aromatic rings. The number of hydrogen-bond donors (Lipinski definition) is 1. The lowest BCUT2D eigenvalue weighted by Gasteiger charge is -2.24. The van der Waals surface area contributed by atoms with Gasteiger partial charge in [0.05, 0.1) is 0 Å². The Kier molecular flexibility index (Phi) is 3.14. The molecule has 1 N–H and O–H groups in total. The van der Waals surface area contributed by atoms with E-state index in [1.807, 2.05) is 11.8 Å². The second-order valence-corrected chi connectivity index (χ2v) is 6.85. The largest absolute Gasteiger partial charge is 0.362 e. The Morgan fingerprint density at radius 1 is 1.31 bits per heavy atom. The minimum Gasteiger partial charge on any atom is -0.362 e. The van der Waals surface area contributed by atoms with Gasteiger partial charge in [0, 0.05) is 18.3 Å². The summed E-state index contributed by atoms with van der Waals surface area (Å²) in [5.74, 6) is 4.22. The van der Waals surface area contributed by atoms with Crippen LogP contribution in [0.2, 0.25) is 0 Å². The molecule has 0 aromatic carbocycles. The highest BCUT2D eigenvalue weighted by Crippen LogP contribution is 2.48. The average Bonchev–Trinajstić information content (AvgIpc) is 2.88. The Labute approximate surface area is 103 Å². The minimum absolute atomic E-state index is 0.625. The van der Waals surface area contributed by atoms with E-state index in [-0.39, 0.29) is 0 Å². The van der Waals surface area contributed by atoms with Gasteiger partial charge in [0.1, 0.15) is 0 Å². The monoisotopic (exact) mass is 238 g/mol. The maximum absolute atomic E-state index is 4.80. The smallest absolute Gasteiger partial charge is 0.156 e. The van der Waals surface area contributed by atoms with Crippen molar-refractivity contribution in [2.75, 3.05) is 12.3 Å². The van der Waals surface area contributed by atoms with Crippen molar-refractivity contribution in [3.05, 3.63) is 0 Å². The third-order valence-corrected chi connectivity index (χ3v) is 5.47. The summed E-state index contributed by atoms with van der Waals surface area (Å²) >= 11 is 1.91. The first-order chi connectivity index (χ1) is 7.81. The van der Waals surface area contributed by atoms with Gasteiger partial charge in [-0.05, 0) is 50.4 Å². The summed E-state index contributed by atoms with van der Waals surface area (Å²) in [5.41, 5.74) is 0. The van der Waals surface area contributed by atoms with Gasteiger partial charge in [0.15, 0.2) is 5.17 Å². The summed E-state index contributed by atoms with van der Waals surface area (Å²) in [7, 11) is 0. The maximum atomic E-state index is 4.80. The van der Waals surface area contributed by atoms with Gasteiger partial charge < -0.3 is 5.32 Å². The predicted octanol–water partition coefficient (Wildman–Crippen LogP) is 2.89. The van der Waals surface area contributed by atoms with Crippen molar-refractivity contribution >= 4 is 16.9 Å². The van der Waals surface area contributed by atoms with Crippen LogP contribution in [0.5, 0.6) is 0 Å². The summed E-state index contributed by atoms with van der Waals surface area (Å²) in [6, 6.07) is 0.625. The van der Waals surface area contributed by atoms with E-state index in [1.165, 1.54) is 43.0 Å². The molecule has 3 rings (SSSR count). The molecule has 0 spiro atoms. The Hall–Kier alpha value is -0.180. The second kappa shape index (κ2) is 4.59. The van der Waals surface area contributed by atoms with Crippen molar-refractivity contribution in [2.24, 2.45) is 22.7 Å². The summed E-state index contributed by atoms with van der Waals surface area (Å²) in [4.78, 5) is 4.80. The highest BCUT2D eigenvalue weighted by atomic mass is 32.2. The first-order valence-electron chi connectivity index (χ1n) is 6.75. The van der Waals surface area contributed by atoms with Crippen molar-refractivity contribution in [2.45, 2.75) is 45.1 Å². The lowest BCUT2D eigenvalue weighted by molar-refractivity contribution is 0.342. The van der Waals surface area contributed by atoms with Crippen LogP contribution in [0, 0.1) is 17.8 Å². The van der Waals surface area contributed by atoms with Crippen molar-refractivity contribution in [1.82, 2.24) is 5.32 Å². The van der Waals surface area contributed by atoms with Crippen LogP contribution >= 0.6 is 11.8 Å². The van der Waals surface area contributed by atoms with Gasteiger partial charge >= 0.3 is 0 Å². The van der Waals surface area contributed by atoms with Crippen LogP contribution in [-0.2, 0) is 0 Å². The number of nitrogens with zero attached hydrogens (tertiary/aromatic N) is 1. The van der Waals surface area contributed by atoms with E-state index in [4.69, 9.17) is 4.99 Å².